The molecule has 108 valence electrons. The fourth-order valence-corrected chi connectivity index (χ4v) is 1.82. The summed E-state index contributed by atoms with van der Waals surface area (Å²) in [5.74, 6) is -3.07. The molecule has 1 saturated heterocycles. The summed E-state index contributed by atoms with van der Waals surface area (Å²) in [6.45, 7) is 2.62. The predicted molar refractivity (Wildman–Crippen MR) is 58.0 cm³/mol. The van der Waals surface area contributed by atoms with E-state index in [1.165, 1.54) is 6.08 Å². The maximum atomic E-state index is 12.4. The number of rotatable bonds is 3. The Morgan fingerprint density at radius 1 is 1.42 bits per heavy atom. The van der Waals surface area contributed by atoms with Crippen LogP contribution >= 0.6 is 0 Å². The summed E-state index contributed by atoms with van der Waals surface area (Å²) in [7, 11) is 0. The van der Waals surface area contributed by atoms with Crippen molar-refractivity contribution in [2.45, 2.75) is 31.2 Å². The number of aliphatic hydroxyl groups is 1. The zero-order chi connectivity index (χ0) is 14.6. The van der Waals surface area contributed by atoms with Gasteiger partial charge in [0.05, 0.1) is 6.10 Å². The van der Waals surface area contributed by atoms with Gasteiger partial charge in [-0.25, -0.2) is 4.79 Å². The quantitative estimate of drug-likeness (QED) is 0.608. The number of likely N-dealkylation sites (tertiary alicyclic amines) is 1. The van der Waals surface area contributed by atoms with E-state index in [4.69, 9.17) is 0 Å². The Bertz CT molecular complexity index is 369. The van der Waals surface area contributed by atoms with Crippen LogP contribution in [0.2, 0.25) is 0 Å². The van der Waals surface area contributed by atoms with E-state index in [1.54, 1.807) is 0 Å². The third-order valence-electron chi connectivity index (χ3n) is 2.68. The number of piperidine rings is 1. The third-order valence-corrected chi connectivity index (χ3v) is 2.68. The molecular weight excluding hydrogens is 267 g/mol. The summed E-state index contributed by atoms with van der Waals surface area (Å²) in [5.41, 5.74) is 0. The largest absolute Gasteiger partial charge is 0.471 e. The molecule has 0 aromatic carbocycles. The number of hydrogen-bond donors (Lipinski definition) is 1. The van der Waals surface area contributed by atoms with Gasteiger partial charge in [0.25, 0.3) is 0 Å². The van der Waals surface area contributed by atoms with E-state index >= 15 is 0 Å². The molecule has 0 aliphatic carbocycles. The molecule has 1 heterocycles. The van der Waals surface area contributed by atoms with Crippen LogP contribution in [-0.4, -0.2) is 53.4 Å². The Balaban J connectivity index is 2.84. The zero-order valence-electron chi connectivity index (χ0n) is 10.0. The Labute approximate surface area is 107 Å². The number of alkyl halides is 3. The molecule has 1 amide bonds. The van der Waals surface area contributed by atoms with Crippen molar-refractivity contribution in [3.63, 3.8) is 0 Å². The lowest BCUT2D eigenvalue weighted by molar-refractivity contribution is -0.194. The van der Waals surface area contributed by atoms with Gasteiger partial charge in [0.1, 0.15) is 12.6 Å². The van der Waals surface area contributed by atoms with Crippen molar-refractivity contribution < 1.29 is 32.6 Å². The summed E-state index contributed by atoms with van der Waals surface area (Å²) in [4.78, 5) is 23.1. The minimum Gasteiger partial charge on any atom is -0.460 e. The summed E-state index contributed by atoms with van der Waals surface area (Å²) in [6, 6.07) is -1.32. The molecule has 1 aliphatic heterocycles. The van der Waals surface area contributed by atoms with Gasteiger partial charge in [0.2, 0.25) is 0 Å². The first-order valence-corrected chi connectivity index (χ1v) is 5.60. The van der Waals surface area contributed by atoms with Crippen molar-refractivity contribution in [1.82, 2.24) is 4.90 Å². The highest BCUT2D eigenvalue weighted by Gasteiger charge is 2.48. The zero-order valence-corrected chi connectivity index (χ0v) is 10.0. The fraction of sp³-hybridized carbons (Fsp3) is 0.636. The Morgan fingerprint density at radius 3 is 2.58 bits per heavy atom. The molecule has 19 heavy (non-hydrogen) atoms. The number of halogens is 3. The fourth-order valence-electron chi connectivity index (χ4n) is 1.82. The molecule has 0 bridgehead atoms. The molecule has 1 N–H and O–H groups in total. The lowest BCUT2D eigenvalue weighted by Gasteiger charge is -2.36. The number of nitrogens with zero attached hydrogens (tertiary/aromatic N) is 1. The first kappa shape index (κ1) is 15.5. The highest BCUT2D eigenvalue weighted by Crippen LogP contribution is 2.25. The first-order chi connectivity index (χ1) is 8.77. The number of ether oxygens (including phenoxy) is 1. The monoisotopic (exact) mass is 281 g/mol. The van der Waals surface area contributed by atoms with Crippen LogP contribution in [0.5, 0.6) is 0 Å². The molecule has 1 fully saturated rings. The Hall–Kier alpha value is -1.57. The third kappa shape index (κ3) is 3.95. The summed E-state index contributed by atoms with van der Waals surface area (Å²) >= 11 is 0. The Morgan fingerprint density at radius 2 is 2.05 bits per heavy atom. The van der Waals surface area contributed by atoms with Crippen LogP contribution in [0, 0.1) is 0 Å². The van der Waals surface area contributed by atoms with Gasteiger partial charge in [0, 0.05) is 6.54 Å². The average molecular weight is 281 g/mol. The number of esters is 1. The maximum Gasteiger partial charge on any atom is 0.471 e. The molecule has 1 aliphatic rings. The van der Waals surface area contributed by atoms with Crippen molar-refractivity contribution in [3.05, 3.63) is 12.7 Å². The molecule has 0 saturated carbocycles. The van der Waals surface area contributed by atoms with Crippen LogP contribution in [0.15, 0.2) is 12.7 Å². The standard InChI is InChI=1S/C11H14F3NO4/c1-2-5-19-9(17)8-4-3-7(16)6-15(8)10(18)11(12,13)14/h2,7-8,16H,1,3-6H2/t7-,8-/m0/s1. The summed E-state index contributed by atoms with van der Waals surface area (Å²) < 4.78 is 41.9. The molecule has 0 spiro atoms. The van der Waals surface area contributed by atoms with Gasteiger partial charge in [-0.05, 0) is 12.8 Å². The minimum atomic E-state index is -5.09. The lowest BCUT2D eigenvalue weighted by atomic mass is 10.00. The number of carbonyl (C=O) groups is 2. The van der Waals surface area contributed by atoms with E-state index in [0.717, 1.165) is 0 Å². The highest BCUT2D eigenvalue weighted by molar-refractivity contribution is 5.88. The van der Waals surface area contributed by atoms with Gasteiger partial charge < -0.3 is 14.7 Å². The minimum absolute atomic E-state index is 0.0705. The van der Waals surface area contributed by atoms with Crippen molar-refractivity contribution in [2.75, 3.05) is 13.2 Å². The number of amides is 1. The predicted octanol–water partition coefficient (Wildman–Crippen LogP) is 0.630. The molecule has 0 unspecified atom stereocenters. The van der Waals surface area contributed by atoms with E-state index in [1.807, 2.05) is 0 Å². The van der Waals surface area contributed by atoms with E-state index < -0.39 is 36.7 Å². The summed E-state index contributed by atoms with van der Waals surface area (Å²) in [6.07, 6.45) is -4.83. The molecular formula is C11H14F3NO4. The number of carbonyl (C=O) groups excluding carboxylic acids is 2. The second kappa shape index (κ2) is 6.05. The average Bonchev–Trinajstić information content (AvgIpc) is 2.33. The van der Waals surface area contributed by atoms with Crippen molar-refractivity contribution in [3.8, 4) is 0 Å². The molecule has 0 aromatic heterocycles. The van der Waals surface area contributed by atoms with Crippen LogP contribution in [0.3, 0.4) is 0 Å². The van der Waals surface area contributed by atoms with E-state index in [-0.39, 0.29) is 19.4 Å². The summed E-state index contributed by atoms with van der Waals surface area (Å²) in [5, 5.41) is 9.34. The van der Waals surface area contributed by atoms with Crippen LogP contribution in [0.1, 0.15) is 12.8 Å². The SMILES string of the molecule is C=CCOC(=O)[C@@H]1CC[C@H](O)CN1C(=O)C(F)(F)F. The smallest absolute Gasteiger partial charge is 0.460 e. The van der Waals surface area contributed by atoms with E-state index in [0.29, 0.717) is 4.90 Å². The normalized spacial score (nSPS) is 23.9. The second-order valence-electron chi connectivity index (χ2n) is 4.12. The molecule has 0 aromatic rings. The van der Waals surface area contributed by atoms with Gasteiger partial charge in [-0.3, -0.25) is 4.79 Å². The van der Waals surface area contributed by atoms with Crippen LogP contribution in [0.4, 0.5) is 13.2 Å². The van der Waals surface area contributed by atoms with Crippen LogP contribution in [-0.2, 0) is 14.3 Å². The van der Waals surface area contributed by atoms with Gasteiger partial charge in [-0.1, -0.05) is 12.7 Å². The van der Waals surface area contributed by atoms with Gasteiger partial charge >= 0.3 is 18.1 Å². The maximum absolute atomic E-state index is 12.4. The molecule has 8 heteroatoms. The van der Waals surface area contributed by atoms with Gasteiger partial charge in [0.15, 0.2) is 0 Å². The second-order valence-corrected chi connectivity index (χ2v) is 4.12. The van der Waals surface area contributed by atoms with Crippen molar-refractivity contribution in [2.24, 2.45) is 0 Å². The molecule has 5 nitrogen and oxygen atoms in total. The highest BCUT2D eigenvalue weighted by atomic mass is 19.4. The molecule has 0 radical (unpaired) electrons. The first-order valence-electron chi connectivity index (χ1n) is 5.60. The van der Waals surface area contributed by atoms with E-state index in [2.05, 4.69) is 11.3 Å². The Kier molecular flexibility index (Phi) is 4.93. The van der Waals surface area contributed by atoms with Crippen molar-refractivity contribution in [1.29, 1.82) is 0 Å². The van der Waals surface area contributed by atoms with Crippen molar-refractivity contribution >= 4 is 11.9 Å². The lowest BCUT2D eigenvalue weighted by Crippen LogP contribution is -2.56. The molecule has 1 rings (SSSR count). The topological polar surface area (TPSA) is 66.8 Å². The number of β-amino-alcohol motifs (C(OH)–C–C–N with tert-alkyl or cyclic N) is 1. The van der Waals surface area contributed by atoms with Gasteiger partial charge in [-0.2, -0.15) is 13.2 Å². The number of hydrogen-bond acceptors (Lipinski definition) is 4. The van der Waals surface area contributed by atoms with E-state index in [9.17, 15) is 27.9 Å². The van der Waals surface area contributed by atoms with Gasteiger partial charge in [-0.15, -0.1) is 0 Å². The number of aliphatic hydroxyl groups excluding tert-OH is 1. The van der Waals surface area contributed by atoms with Crippen LogP contribution in [0.25, 0.3) is 0 Å². The van der Waals surface area contributed by atoms with Crippen LogP contribution < -0.4 is 0 Å². The molecule has 2 atom stereocenters.